The van der Waals surface area contributed by atoms with Gasteiger partial charge in [0.2, 0.25) is 0 Å². The quantitative estimate of drug-likeness (QED) is 0.525. The van der Waals surface area contributed by atoms with Crippen LogP contribution in [0.5, 0.6) is 0 Å². The first-order valence-corrected chi connectivity index (χ1v) is 3.20. The smallest absolute Gasteiger partial charge is 0.120 e. The molecule has 0 aliphatic heterocycles. The van der Waals surface area contributed by atoms with E-state index in [1.54, 1.807) is 0 Å². The Morgan fingerprint density at radius 2 is 1.56 bits per heavy atom. The van der Waals surface area contributed by atoms with E-state index in [2.05, 4.69) is 0 Å². The summed E-state index contributed by atoms with van der Waals surface area (Å²) in [5.74, 6) is 0. The zero-order valence-electron chi connectivity index (χ0n) is 5.30. The van der Waals surface area contributed by atoms with Gasteiger partial charge in [-0.1, -0.05) is 0 Å². The molecule has 0 aromatic rings. The first kappa shape index (κ1) is 6.46. The Morgan fingerprint density at radius 1 is 1.11 bits per heavy atom. The van der Waals surface area contributed by atoms with Gasteiger partial charge in [0.25, 0.3) is 0 Å². The number of carbonyl (C=O) groups is 2. The third kappa shape index (κ3) is 1.37. The summed E-state index contributed by atoms with van der Waals surface area (Å²) in [5.41, 5.74) is 0.115. The van der Waals surface area contributed by atoms with Crippen molar-refractivity contribution in [3.63, 3.8) is 0 Å². The standard InChI is InChI=1S/C7H10O2/c8-5-3-7(1-2-7)4-6-9/h5-6H,1-4H2. The lowest BCUT2D eigenvalue weighted by molar-refractivity contribution is -0.110. The van der Waals surface area contributed by atoms with E-state index in [9.17, 15) is 9.59 Å². The molecule has 0 heterocycles. The van der Waals surface area contributed by atoms with Gasteiger partial charge in [0.15, 0.2) is 0 Å². The molecule has 9 heavy (non-hydrogen) atoms. The molecule has 0 amide bonds. The van der Waals surface area contributed by atoms with Gasteiger partial charge in [-0.25, -0.2) is 0 Å². The largest absolute Gasteiger partial charge is 0.303 e. The van der Waals surface area contributed by atoms with Gasteiger partial charge in [0, 0.05) is 12.8 Å². The zero-order valence-corrected chi connectivity index (χ0v) is 5.30. The number of hydrogen-bond donors (Lipinski definition) is 0. The lowest BCUT2D eigenvalue weighted by Crippen LogP contribution is -2.00. The molecule has 1 aliphatic carbocycles. The lowest BCUT2D eigenvalue weighted by atomic mass is 10.0. The fourth-order valence-corrected chi connectivity index (χ4v) is 1.02. The fourth-order valence-electron chi connectivity index (χ4n) is 1.02. The molecule has 0 N–H and O–H groups in total. The van der Waals surface area contributed by atoms with Gasteiger partial charge in [-0.3, -0.25) is 0 Å². The predicted octanol–water partition coefficient (Wildman–Crippen LogP) is 0.945. The molecular formula is C7H10O2. The third-order valence-electron chi connectivity index (χ3n) is 1.99. The summed E-state index contributed by atoms with van der Waals surface area (Å²) in [5, 5.41) is 0. The third-order valence-corrected chi connectivity index (χ3v) is 1.99. The fraction of sp³-hybridized carbons (Fsp3) is 0.714. The second-order valence-corrected chi connectivity index (χ2v) is 2.74. The van der Waals surface area contributed by atoms with Gasteiger partial charge in [0.05, 0.1) is 0 Å². The van der Waals surface area contributed by atoms with Crippen molar-refractivity contribution in [2.45, 2.75) is 25.7 Å². The van der Waals surface area contributed by atoms with E-state index in [1.165, 1.54) is 0 Å². The summed E-state index contributed by atoms with van der Waals surface area (Å²) in [4.78, 5) is 20.0. The van der Waals surface area contributed by atoms with Crippen molar-refractivity contribution in [1.82, 2.24) is 0 Å². The van der Waals surface area contributed by atoms with E-state index in [0.717, 1.165) is 25.4 Å². The minimum absolute atomic E-state index is 0.115. The van der Waals surface area contributed by atoms with Crippen LogP contribution in [0.1, 0.15) is 25.7 Å². The molecule has 2 nitrogen and oxygen atoms in total. The van der Waals surface area contributed by atoms with Crippen molar-refractivity contribution in [3.8, 4) is 0 Å². The zero-order chi connectivity index (χ0) is 6.74. The Morgan fingerprint density at radius 3 is 1.78 bits per heavy atom. The van der Waals surface area contributed by atoms with E-state index in [-0.39, 0.29) is 5.41 Å². The van der Waals surface area contributed by atoms with Crippen molar-refractivity contribution >= 4 is 12.6 Å². The molecule has 0 bridgehead atoms. The Labute approximate surface area is 54.2 Å². The van der Waals surface area contributed by atoms with Crippen LogP contribution in [0, 0.1) is 5.41 Å². The van der Waals surface area contributed by atoms with Crippen molar-refractivity contribution in [2.24, 2.45) is 5.41 Å². The number of rotatable bonds is 4. The van der Waals surface area contributed by atoms with E-state index in [0.29, 0.717) is 12.8 Å². The van der Waals surface area contributed by atoms with Crippen molar-refractivity contribution in [1.29, 1.82) is 0 Å². The van der Waals surface area contributed by atoms with Gasteiger partial charge < -0.3 is 9.59 Å². The molecule has 2 heteroatoms. The minimum Gasteiger partial charge on any atom is -0.303 e. The van der Waals surface area contributed by atoms with E-state index in [4.69, 9.17) is 0 Å². The Kier molecular flexibility index (Phi) is 1.65. The highest BCUT2D eigenvalue weighted by atomic mass is 16.1. The van der Waals surface area contributed by atoms with Crippen LogP contribution in [0.25, 0.3) is 0 Å². The summed E-state index contributed by atoms with van der Waals surface area (Å²) in [6.45, 7) is 0. The van der Waals surface area contributed by atoms with Gasteiger partial charge in [-0.15, -0.1) is 0 Å². The van der Waals surface area contributed by atoms with Crippen LogP contribution >= 0.6 is 0 Å². The number of aldehydes is 2. The Hall–Kier alpha value is -0.660. The second-order valence-electron chi connectivity index (χ2n) is 2.74. The van der Waals surface area contributed by atoms with Crippen LogP contribution in [-0.2, 0) is 9.59 Å². The highest BCUT2D eigenvalue weighted by Crippen LogP contribution is 2.50. The molecule has 0 radical (unpaired) electrons. The SMILES string of the molecule is O=CCC1(CC=O)CC1. The van der Waals surface area contributed by atoms with Gasteiger partial charge >= 0.3 is 0 Å². The van der Waals surface area contributed by atoms with Crippen LogP contribution in [0.2, 0.25) is 0 Å². The molecule has 1 rings (SSSR count). The highest BCUT2D eigenvalue weighted by Gasteiger charge is 2.41. The van der Waals surface area contributed by atoms with Crippen LogP contribution in [-0.4, -0.2) is 12.6 Å². The molecule has 1 aliphatic rings. The molecule has 0 unspecified atom stereocenters. The summed E-state index contributed by atoms with van der Waals surface area (Å²) < 4.78 is 0. The monoisotopic (exact) mass is 126 g/mol. The molecule has 0 saturated heterocycles. The summed E-state index contributed by atoms with van der Waals surface area (Å²) >= 11 is 0. The van der Waals surface area contributed by atoms with Gasteiger partial charge in [-0.05, 0) is 18.3 Å². The summed E-state index contributed by atoms with van der Waals surface area (Å²) in [6, 6.07) is 0. The molecule has 50 valence electrons. The maximum atomic E-state index is 10.0. The minimum atomic E-state index is 0.115. The first-order valence-electron chi connectivity index (χ1n) is 3.20. The van der Waals surface area contributed by atoms with Gasteiger partial charge in [0.1, 0.15) is 12.6 Å². The molecule has 1 saturated carbocycles. The first-order chi connectivity index (χ1) is 4.33. The average Bonchev–Trinajstić information content (AvgIpc) is 2.51. The summed E-state index contributed by atoms with van der Waals surface area (Å²) in [7, 11) is 0. The molecule has 0 spiro atoms. The lowest BCUT2D eigenvalue weighted by Gasteiger charge is -2.02. The summed E-state index contributed by atoms with van der Waals surface area (Å²) in [6.07, 6.45) is 5.10. The Balaban J connectivity index is 2.32. The average molecular weight is 126 g/mol. The van der Waals surface area contributed by atoms with E-state index in [1.807, 2.05) is 0 Å². The van der Waals surface area contributed by atoms with Crippen LogP contribution < -0.4 is 0 Å². The van der Waals surface area contributed by atoms with Crippen LogP contribution in [0.15, 0.2) is 0 Å². The number of hydrogen-bond acceptors (Lipinski definition) is 2. The van der Waals surface area contributed by atoms with Crippen molar-refractivity contribution < 1.29 is 9.59 Å². The molecule has 0 atom stereocenters. The predicted molar refractivity (Wildman–Crippen MR) is 33.0 cm³/mol. The highest BCUT2D eigenvalue weighted by molar-refractivity contribution is 5.57. The molecule has 0 aromatic carbocycles. The normalized spacial score (nSPS) is 20.9. The maximum absolute atomic E-state index is 10.0. The molecule has 1 fully saturated rings. The van der Waals surface area contributed by atoms with E-state index >= 15 is 0 Å². The van der Waals surface area contributed by atoms with E-state index < -0.39 is 0 Å². The van der Waals surface area contributed by atoms with Crippen LogP contribution in [0.4, 0.5) is 0 Å². The molecular weight excluding hydrogens is 116 g/mol. The maximum Gasteiger partial charge on any atom is 0.120 e. The van der Waals surface area contributed by atoms with Crippen molar-refractivity contribution in [2.75, 3.05) is 0 Å². The van der Waals surface area contributed by atoms with Crippen molar-refractivity contribution in [3.05, 3.63) is 0 Å². The number of carbonyl (C=O) groups excluding carboxylic acids is 2. The second kappa shape index (κ2) is 2.29. The van der Waals surface area contributed by atoms with Crippen LogP contribution in [0.3, 0.4) is 0 Å². The van der Waals surface area contributed by atoms with Gasteiger partial charge in [-0.2, -0.15) is 0 Å². The molecule has 0 aromatic heterocycles. The topological polar surface area (TPSA) is 34.1 Å². The Bertz CT molecular complexity index is 113.